The van der Waals surface area contributed by atoms with Gasteiger partial charge in [0.25, 0.3) is 0 Å². The standard InChI is InChI=1S/C9H7N5/c10-3-7-1-2-9(12-4-7)14-6-8(11)5-13-14/h1-2,4-6H,11H2. The van der Waals surface area contributed by atoms with Crippen LogP contribution in [-0.2, 0) is 0 Å². The van der Waals surface area contributed by atoms with Gasteiger partial charge in [-0.25, -0.2) is 9.67 Å². The molecule has 68 valence electrons. The number of aromatic nitrogens is 3. The zero-order valence-corrected chi connectivity index (χ0v) is 7.25. The third-order valence-corrected chi connectivity index (χ3v) is 1.71. The van der Waals surface area contributed by atoms with Crippen LogP contribution in [0.25, 0.3) is 5.82 Å². The minimum atomic E-state index is 0.522. The lowest BCUT2D eigenvalue weighted by Gasteiger charge is -1.98. The van der Waals surface area contributed by atoms with Crippen LogP contribution in [0, 0.1) is 11.3 Å². The van der Waals surface area contributed by atoms with Crippen molar-refractivity contribution in [2.24, 2.45) is 0 Å². The van der Waals surface area contributed by atoms with Crippen LogP contribution in [-0.4, -0.2) is 14.8 Å². The largest absolute Gasteiger partial charge is 0.396 e. The van der Waals surface area contributed by atoms with Crippen molar-refractivity contribution in [2.45, 2.75) is 0 Å². The summed E-state index contributed by atoms with van der Waals surface area (Å²) >= 11 is 0. The Hall–Kier alpha value is -2.35. The van der Waals surface area contributed by atoms with Crippen molar-refractivity contribution in [1.82, 2.24) is 14.8 Å². The Bertz CT molecular complexity index is 477. The maximum atomic E-state index is 8.57. The number of rotatable bonds is 1. The molecule has 0 fully saturated rings. The van der Waals surface area contributed by atoms with E-state index in [9.17, 15) is 0 Å². The van der Waals surface area contributed by atoms with E-state index in [4.69, 9.17) is 11.0 Å². The van der Waals surface area contributed by atoms with E-state index in [2.05, 4.69) is 10.1 Å². The average molecular weight is 185 g/mol. The van der Waals surface area contributed by atoms with Crippen LogP contribution in [0.2, 0.25) is 0 Å². The van der Waals surface area contributed by atoms with E-state index < -0.39 is 0 Å². The van der Waals surface area contributed by atoms with Crippen molar-refractivity contribution in [3.8, 4) is 11.9 Å². The van der Waals surface area contributed by atoms with Gasteiger partial charge in [0.05, 0.1) is 23.6 Å². The number of nitrogens with two attached hydrogens (primary N) is 1. The lowest BCUT2D eigenvalue weighted by Crippen LogP contribution is -1.97. The summed E-state index contributed by atoms with van der Waals surface area (Å²) in [6, 6.07) is 5.39. The summed E-state index contributed by atoms with van der Waals surface area (Å²) in [5, 5.41) is 12.6. The van der Waals surface area contributed by atoms with Gasteiger partial charge >= 0.3 is 0 Å². The maximum absolute atomic E-state index is 8.57. The Kier molecular flexibility index (Phi) is 1.88. The molecule has 2 N–H and O–H groups in total. The first-order valence-corrected chi connectivity index (χ1v) is 3.96. The van der Waals surface area contributed by atoms with Gasteiger partial charge in [0.15, 0.2) is 5.82 Å². The second-order valence-electron chi connectivity index (χ2n) is 2.74. The van der Waals surface area contributed by atoms with Crippen LogP contribution >= 0.6 is 0 Å². The summed E-state index contributed by atoms with van der Waals surface area (Å²) < 4.78 is 1.55. The summed E-state index contributed by atoms with van der Waals surface area (Å²) in [4.78, 5) is 4.06. The second kappa shape index (κ2) is 3.18. The number of pyridine rings is 1. The van der Waals surface area contributed by atoms with E-state index in [0.29, 0.717) is 17.1 Å². The van der Waals surface area contributed by atoms with E-state index in [1.54, 1.807) is 29.2 Å². The van der Waals surface area contributed by atoms with E-state index >= 15 is 0 Å². The molecule has 0 aliphatic heterocycles. The highest BCUT2D eigenvalue weighted by Gasteiger charge is 1.99. The number of nitrogen functional groups attached to an aromatic ring is 1. The molecule has 0 saturated heterocycles. The molecule has 2 heterocycles. The van der Waals surface area contributed by atoms with E-state index in [-0.39, 0.29) is 0 Å². The van der Waals surface area contributed by atoms with Crippen molar-refractivity contribution in [3.63, 3.8) is 0 Å². The van der Waals surface area contributed by atoms with E-state index in [0.717, 1.165) is 0 Å². The Morgan fingerprint density at radius 2 is 2.21 bits per heavy atom. The molecule has 0 unspecified atom stereocenters. The summed E-state index contributed by atoms with van der Waals surface area (Å²) in [5.74, 6) is 0.640. The van der Waals surface area contributed by atoms with Crippen LogP contribution in [0.15, 0.2) is 30.7 Å². The molecule has 0 aliphatic carbocycles. The number of anilines is 1. The molecule has 0 spiro atoms. The normalized spacial score (nSPS) is 9.64. The van der Waals surface area contributed by atoms with Crippen molar-refractivity contribution >= 4 is 5.69 Å². The predicted molar refractivity (Wildman–Crippen MR) is 50.5 cm³/mol. The summed E-state index contributed by atoms with van der Waals surface area (Å²) in [6.45, 7) is 0. The molecule has 2 rings (SSSR count). The van der Waals surface area contributed by atoms with Crippen molar-refractivity contribution in [3.05, 3.63) is 36.3 Å². The fourth-order valence-electron chi connectivity index (χ4n) is 1.05. The van der Waals surface area contributed by atoms with Gasteiger partial charge in [-0.3, -0.25) is 0 Å². The van der Waals surface area contributed by atoms with Crippen LogP contribution in [0.4, 0.5) is 5.69 Å². The SMILES string of the molecule is N#Cc1ccc(-n2cc(N)cn2)nc1. The fourth-order valence-corrected chi connectivity index (χ4v) is 1.05. The second-order valence-corrected chi connectivity index (χ2v) is 2.74. The van der Waals surface area contributed by atoms with Gasteiger partial charge in [-0.15, -0.1) is 0 Å². The number of nitrogens with zero attached hydrogens (tertiary/aromatic N) is 4. The fraction of sp³-hybridized carbons (Fsp3) is 0. The van der Waals surface area contributed by atoms with Gasteiger partial charge < -0.3 is 5.73 Å². The Labute approximate surface area is 80.4 Å². The molecule has 0 atom stereocenters. The summed E-state index contributed by atoms with van der Waals surface area (Å²) in [5.41, 5.74) is 6.61. The van der Waals surface area contributed by atoms with Crippen molar-refractivity contribution in [2.75, 3.05) is 5.73 Å². The van der Waals surface area contributed by atoms with Crippen LogP contribution < -0.4 is 5.73 Å². The monoisotopic (exact) mass is 185 g/mol. The van der Waals surface area contributed by atoms with E-state index in [1.165, 1.54) is 6.20 Å². The molecule has 0 bridgehead atoms. The summed E-state index contributed by atoms with van der Waals surface area (Å²) in [6.07, 6.45) is 4.70. The number of nitriles is 1. The quantitative estimate of drug-likeness (QED) is 0.709. The smallest absolute Gasteiger partial charge is 0.153 e. The summed E-state index contributed by atoms with van der Waals surface area (Å²) in [7, 11) is 0. The molecule has 0 amide bonds. The molecule has 0 radical (unpaired) electrons. The highest BCUT2D eigenvalue weighted by molar-refractivity contribution is 5.36. The molecule has 5 nitrogen and oxygen atoms in total. The molecule has 5 heteroatoms. The maximum Gasteiger partial charge on any atom is 0.153 e. The lowest BCUT2D eigenvalue weighted by molar-refractivity contribution is 0.846. The number of hydrogen-bond donors (Lipinski definition) is 1. The minimum Gasteiger partial charge on any atom is -0.396 e. The lowest BCUT2D eigenvalue weighted by atomic mass is 10.3. The zero-order chi connectivity index (χ0) is 9.97. The molecule has 0 aromatic carbocycles. The van der Waals surface area contributed by atoms with Gasteiger partial charge in [0.1, 0.15) is 6.07 Å². The third-order valence-electron chi connectivity index (χ3n) is 1.71. The van der Waals surface area contributed by atoms with Crippen molar-refractivity contribution in [1.29, 1.82) is 5.26 Å². The van der Waals surface area contributed by atoms with Gasteiger partial charge in [0.2, 0.25) is 0 Å². The molecule has 2 aromatic heterocycles. The highest BCUT2D eigenvalue weighted by Crippen LogP contribution is 2.06. The topological polar surface area (TPSA) is 80.5 Å². The van der Waals surface area contributed by atoms with E-state index in [1.807, 2.05) is 6.07 Å². The third kappa shape index (κ3) is 1.41. The molecule has 0 saturated carbocycles. The Morgan fingerprint density at radius 1 is 1.36 bits per heavy atom. The Morgan fingerprint density at radius 3 is 2.71 bits per heavy atom. The average Bonchev–Trinajstić information content (AvgIpc) is 2.65. The zero-order valence-electron chi connectivity index (χ0n) is 7.25. The molecule has 0 aliphatic rings. The van der Waals surface area contributed by atoms with Crippen molar-refractivity contribution < 1.29 is 0 Å². The Balaban J connectivity index is 2.39. The predicted octanol–water partition coefficient (Wildman–Crippen LogP) is 0.721. The van der Waals surface area contributed by atoms with Crippen LogP contribution in [0.1, 0.15) is 5.56 Å². The van der Waals surface area contributed by atoms with Crippen LogP contribution in [0.5, 0.6) is 0 Å². The highest BCUT2D eigenvalue weighted by atomic mass is 15.3. The number of hydrogen-bond acceptors (Lipinski definition) is 4. The molecular formula is C9H7N5. The minimum absolute atomic E-state index is 0.522. The van der Waals surface area contributed by atoms with Gasteiger partial charge in [-0.2, -0.15) is 10.4 Å². The van der Waals surface area contributed by atoms with Crippen LogP contribution in [0.3, 0.4) is 0 Å². The molecular weight excluding hydrogens is 178 g/mol. The first-order valence-electron chi connectivity index (χ1n) is 3.96. The van der Waals surface area contributed by atoms with Gasteiger partial charge in [-0.1, -0.05) is 0 Å². The van der Waals surface area contributed by atoms with Gasteiger partial charge in [-0.05, 0) is 12.1 Å². The first kappa shape index (κ1) is 8.26. The molecule has 2 aromatic rings. The first-order chi connectivity index (χ1) is 6.79. The van der Waals surface area contributed by atoms with Gasteiger partial charge in [0, 0.05) is 6.20 Å². The molecule has 14 heavy (non-hydrogen) atoms.